The van der Waals surface area contributed by atoms with Crippen LogP contribution in [-0.4, -0.2) is 36.2 Å². The van der Waals surface area contributed by atoms with Crippen molar-refractivity contribution in [1.29, 1.82) is 5.26 Å². The van der Waals surface area contributed by atoms with Gasteiger partial charge in [-0.05, 0) is 23.6 Å². The molecular formula is C15H20N2O3. The number of carbonyl (C=O) groups is 1. The lowest BCUT2D eigenvalue weighted by molar-refractivity contribution is -0.138. The van der Waals surface area contributed by atoms with E-state index in [1.54, 1.807) is 12.1 Å². The van der Waals surface area contributed by atoms with Gasteiger partial charge in [0.05, 0.1) is 19.2 Å². The maximum absolute atomic E-state index is 10.9. The Labute approximate surface area is 119 Å². The number of nitriles is 1. The van der Waals surface area contributed by atoms with Gasteiger partial charge in [-0.25, -0.2) is 0 Å². The number of hydrogen-bond donors (Lipinski definition) is 1. The van der Waals surface area contributed by atoms with Crippen molar-refractivity contribution in [3.63, 3.8) is 0 Å². The van der Waals surface area contributed by atoms with Gasteiger partial charge in [-0.1, -0.05) is 19.9 Å². The predicted molar refractivity (Wildman–Crippen MR) is 75.5 cm³/mol. The van der Waals surface area contributed by atoms with Crippen LogP contribution in [0.25, 0.3) is 0 Å². The summed E-state index contributed by atoms with van der Waals surface area (Å²) in [6, 6.07) is 7.42. The van der Waals surface area contributed by atoms with Crippen LogP contribution in [0.4, 0.5) is 0 Å². The van der Waals surface area contributed by atoms with E-state index in [9.17, 15) is 4.79 Å². The average molecular weight is 276 g/mol. The second-order valence-electron chi connectivity index (χ2n) is 5.10. The summed E-state index contributed by atoms with van der Waals surface area (Å²) >= 11 is 0. The molecule has 0 bridgehead atoms. The lowest BCUT2D eigenvalue weighted by Gasteiger charge is -2.22. The molecule has 1 rings (SSSR count). The van der Waals surface area contributed by atoms with Crippen molar-refractivity contribution in [1.82, 2.24) is 4.90 Å². The van der Waals surface area contributed by atoms with Crippen LogP contribution in [0.3, 0.4) is 0 Å². The summed E-state index contributed by atoms with van der Waals surface area (Å²) < 4.78 is 5.10. The SMILES string of the molecule is COc1ccc(CN(CC(=O)O)CC(C)C)cc1C#N. The predicted octanol–water partition coefficient (Wildman–Crippen LogP) is 2.11. The number of hydrogen-bond acceptors (Lipinski definition) is 4. The smallest absolute Gasteiger partial charge is 0.317 e. The van der Waals surface area contributed by atoms with Crippen LogP contribution in [0.5, 0.6) is 5.75 Å². The molecule has 0 fully saturated rings. The highest BCUT2D eigenvalue weighted by Gasteiger charge is 2.13. The molecule has 0 saturated carbocycles. The third-order valence-corrected chi connectivity index (χ3v) is 2.77. The lowest BCUT2D eigenvalue weighted by atomic mass is 10.1. The van der Waals surface area contributed by atoms with Gasteiger partial charge in [0.2, 0.25) is 0 Å². The Balaban J connectivity index is 2.87. The van der Waals surface area contributed by atoms with Crippen LogP contribution in [-0.2, 0) is 11.3 Å². The maximum atomic E-state index is 10.9. The monoisotopic (exact) mass is 276 g/mol. The van der Waals surface area contributed by atoms with E-state index in [0.29, 0.717) is 30.3 Å². The molecule has 108 valence electrons. The normalized spacial score (nSPS) is 10.6. The molecule has 20 heavy (non-hydrogen) atoms. The Bertz CT molecular complexity index is 506. The quantitative estimate of drug-likeness (QED) is 0.825. The molecular weight excluding hydrogens is 256 g/mol. The fraction of sp³-hybridized carbons (Fsp3) is 0.467. The highest BCUT2D eigenvalue weighted by molar-refractivity contribution is 5.69. The van der Waals surface area contributed by atoms with Crippen LogP contribution >= 0.6 is 0 Å². The summed E-state index contributed by atoms with van der Waals surface area (Å²) in [5.74, 6) is 0.0626. The van der Waals surface area contributed by atoms with Crippen molar-refractivity contribution in [3.8, 4) is 11.8 Å². The first-order valence-corrected chi connectivity index (χ1v) is 6.47. The first kappa shape index (κ1) is 16.0. The molecule has 0 amide bonds. The number of nitrogens with zero attached hydrogens (tertiary/aromatic N) is 2. The van der Waals surface area contributed by atoms with Gasteiger partial charge in [-0.3, -0.25) is 9.69 Å². The molecule has 1 aromatic carbocycles. The fourth-order valence-corrected chi connectivity index (χ4v) is 2.09. The largest absolute Gasteiger partial charge is 0.495 e. The van der Waals surface area contributed by atoms with Gasteiger partial charge >= 0.3 is 5.97 Å². The average Bonchev–Trinajstić information content (AvgIpc) is 2.36. The Morgan fingerprint density at radius 1 is 1.50 bits per heavy atom. The molecule has 0 aliphatic heterocycles. The van der Waals surface area contributed by atoms with E-state index in [1.165, 1.54) is 7.11 Å². The van der Waals surface area contributed by atoms with Crippen LogP contribution in [0.1, 0.15) is 25.0 Å². The minimum atomic E-state index is -0.848. The second-order valence-corrected chi connectivity index (χ2v) is 5.10. The van der Waals surface area contributed by atoms with Crippen molar-refractivity contribution in [2.75, 3.05) is 20.2 Å². The Kier molecular flexibility index (Phi) is 6.01. The molecule has 0 atom stereocenters. The van der Waals surface area contributed by atoms with Crippen LogP contribution < -0.4 is 4.74 Å². The highest BCUT2D eigenvalue weighted by Crippen LogP contribution is 2.20. The van der Waals surface area contributed by atoms with E-state index in [4.69, 9.17) is 15.1 Å². The third kappa shape index (κ3) is 4.90. The molecule has 1 aromatic rings. The first-order chi connectivity index (χ1) is 9.46. The van der Waals surface area contributed by atoms with Gasteiger partial charge in [-0.2, -0.15) is 5.26 Å². The van der Waals surface area contributed by atoms with Crippen molar-refractivity contribution >= 4 is 5.97 Å². The molecule has 5 nitrogen and oxygen atoms in total. The molecule has 5 heteroatoms. The molecule has 0 radical (unpaired) electrons. The summed E-state index contributed by atoms with van der Waals surface area (Å²) in [4.78, 5) is 12.7. The molecule has 1 N–H and O–H groups in total. The fourth-order valence-electron chi connectivity index (χ4n) is 2.09. The number of benzene rings is 1. The first-order valence-electron chi connectivity index (χ1n) is 6.47. The molecule has 0 unspecified atom stereocenters. The zero-order valence-corrected chi connectivity index (χ0v) is 12.1. The van der Waals surface area contributed by atoms with E-state index in [-0.39, 0.29) is 6.54 Å². The van der Waals surface area contributed by atoms with E-state index >= 15 is 0 Å². The summed E-state index contributed by atoms with van der Waals surface area (Å²) in [5, 5.41) is 18.0. The van der Waals surface area contributed by atoms with Gasteiger partial charge < -0.3 is 9.84 Å². The number of aliphatic carboxylic acids is 1. The lowest BCUT2D eigenvalue weighted by Crippen LogP contribution is -2.32. The van der Waals surface area contributed by atoms with Gasteiger partial charge in [-0.15, -0.1) is 0 Å². The molecule has 0 spiro atoms. The molecule has 0 saturated heterocycles. The van der Waals surface area contributed by atoms with Crippen molar-refractivity contribution in [3.05, 3.63) is 29.3 Å². The zero-order chi connectivity index (χ0) is 15.1. The van der Waals surface area contributed by atoms with E-state index in [0.717, 1.165) is 5.56 Å². The number of methoxy groups -OCH3 is 1. The second kappa shape index (κ2) is 7.51. The standard InChI is InChI=1S/C15H20N2O3/c1-11(2)8-17(10-15(18)19)9-12-4-5-14(20-3)13(6-12)7-16/h4-6,11H,8-10H2,1-3H3,(H,18,19). The Morgan fingerprint density at radius 2 is 2.20 bits per heavy atom. The highest BCUT2D eigenvalue weighted by atomic mass is 16.5. The maximum Gasteiger partial charge on any atom is 0.317 e. The van der Waals surface area contributed by atoms with Gasteiger partial charge in [0, 0.05) is 13.1 Å². The van der Waals surface area contributed by atoms with Gasteiger partial charge in [0.25, 0.3) is 0 Å². The van der Waals surface area contributed by atoms with E-state index in [1.807, 2.05) is 24.8 Å². The number of carboxylic acids is 1. The Morgan fingerprint density at radius 3 is 2.70 bits per heavy atom. The van der Waals surface area contributed by atoms with E-state index < -0.39 is 5.97 Å². The topological polar surface area (TPSA) is 73.6 Å². The summed E-state index contributed by atoms with van der Waals surface area (Å²) in [6.45, 7) is 5.28. The van der Waals surface area contributed by atoms with Gasteiger partial charge in [0.1, 0.15) is 11.8 Å². The molecule has 0 aliphatic carbocycles. The number of ether oxygens (including phenoxy) is 1. The molecule has 0 heterocycles. The third-order valence-electron chi connectivity index (χ3n) is 2.77. The van der Waals surface area contributed by atoms with Crippen molar-refractivity contribution < 1.29 is 14.6 Å². The van der Waals surface area contributed by atoms with Crippen LogP contribution in [0, 0.1) is 17.2 Å². The minimum Gasteiger partial charge on any atom is -0.495 e. The van der Waals surface area contributed by atoms with Crippen molar-refractivity contribution in [2.45, 2.75) is 20.4 Å². The Hall–Kier alpha value is -2.06. The zero-order valence-electron chi connectivity index (χ0n) is 12.1. The number of rotatable bonds is 7. The molecule has 0 aromatic heterocycles. The van der Waals surface area contributed by atoms with Crippen molar-refractivity contribution in [2.24, 2.45) is 5.92 Å². The summed E-state index contributed by atoms with van der Waals surface area (Å²) in [6.07, 6.45) is 0. The van der Waals surface area contributed by atoms with Gasteiger partial charge in [0.15, 0.2) is 0 Å². The summed E-state index contributed by atoms with van der Waals surface area (Å²) in [5.41, 5.74) is 1.37. The minimum absolute atomic E-state index is 0.00784. The van der Waals surface area contributed by atoms with E-state index in [2.05, 4.69) is 6.07 Å². The van der Waals surface area contributed by atoms with Crippen LogP contribution in [0.15, 0.2) is 18.2 Å². The van der Waals surface area contributed by atoms with Crippen LogP contribution in [0.2, 0.25) is 0 Å². The number of carboxylic acid groups (broad SMARTS) is 1. The summed E-state index contributed by atoms with van der Waals surface area (Å²) in [7, 11) is 1.52. The molecule has 0 aliphatic rings.